The second kappa shape index (κ2) is 4.26. The van der Waals surface area contributed by atoms with E-state index in [-0.39, 0.29) is 3.23 Å². The summed E-state index contributed by atoms with van der Waals surface area (Å²) in [7, 11) is 0. The molecule has 0 atom stereocenters. The zero-order chi connectivity index (χ0) is 11.8. The third-order valence-corrected chi connectivity index (χ3v) is 4.13. The number of allylic oxidation sites excluding steroid dienone is 1. The van der Waals surface area contributed by atoms with Crippen molar-refractivity contribution < 1.29 is 0 Å². The largest absolute Gasteiger partial charge is 0.313 e. The highest BCUT2D eigenvalue weighted by atomic mass is 79.9. The molecule has 0 bridgehead atoms. The Balaban J connectivity index is 2.39. The Morgan fingerprint density at radius 3 is 2.25 bits per heavy atom. The fraction of sp³-hybridized carbons (Fsp3) is 0.333. The van der Waals surface area contributed by atoms with Crippen molar-refractivity contribution >= 4 is 37.4 Å². The van der Waals surface area contributed by atoms with Gasteiger partial charge in [0.1, 0.15) is 3.23 Å². The van der Waals surface area contributed by atoms with Crippen LogP contribution in [0.15, 0.2) is 36.4 Å². The van der Waals surface area contributed by atoms with Gasteiger partial charge in [0.15, 0.2) is 0 Å². The van der Waals surface area contributed by atoms with Gasteiger partial charge in [-0.15, -0.1) is 0 Å². The van der Waals surface area contributed by atoms with Crippen LogP contribution in [0.25, 0.3) is 5.57 Å². The van der Waals surface area contributed by atoms with Crippen LogP contribution >= 0.6 is 31.9 Å². The summed E-state index contributed by atoms with van der Waals surface area (Å²) in [6, 6.07) is 10.2. The smallest absolute Gasteiger partial charge is 0.109 e. The van der Waals surface area contributed by atoms with Crippen LogP contribution < -0.4 is 11.5 Å². The molecule has 2 rings (SSSR count). The molecule has 1 aliphatic carbocycles. The van der Waals surface area contributed by atoms with Crippen LogP contribution in [0, 0.1) is 0 Å². The van der Waals surface area contributed by atoms with Gasteiger partial charge < -0.3 is 11.5 Å². The number of benzene rings is 1. The van der Waals surface area contributed by atoms with Crippen LogP contribution in [0.4, 0.5) is 0 Å². The second-order valence-corrected chi connectivity index (χ2v) is 8.07. The number of hydrogen-bond donors (Lipinski definition) is 2. The molecule has 1 aromatic carbocycles. The average molecular weight is 346 g/mol. The zero-order valence-electron chi connectivity index (χ0n) is 8.79. The van der Waals surface area contributed by atoms with Crippen LogP contribution in [0.3, 0.4) is 0 Å². The molecule has 0 unspecified atom stereocenters. The first-order valence-electron chi connectivity index (χ1n) is 5.12. The van der Waals surface area contributed by atoms with E-state index in [1.165, 1.54) is 11.1 Å². The van der Waals surface area contributed by atoms with Gasteiger partial charge in [-0.3, -0.25) is 0 Å². The van der Waals surface area contributed by atoms with Gasteiger partial charge in [0, 0.05) is 6.42 Å². The Morgan fingerprint density at radius 2 is 1.69 bits per heavy atom. The fourth-order valence-electron chi connectivity index (χ4n) is 1.97. The summed E-state index contributed by atoms with van der Waals surface area (Å²) in [5.41, 5.74) is 13.7. The van der Waals surface area contributed by atoms with Crippen molar-refractivity contribution in [1.82, 2.24) is 0 Å². The molecule has 2 nitrogen and oxygen atoms in total. The molecule has 0 saturated heterocycles. The standard InChI is InChI=1S/C12H14Br2N2/c13-12(14)8-11(15,16)7-6-10(12)9-4-2-1-3-5-9/h1-6H,7-8,15-16H2. The predicted octanol–water partition coefficient (Wildman–Crippen LogP) is 2.96. The van der Waals surface area contributed by atoms with E-state index >= 15 is 0 Å². The van der Waals surface area contributed by atoms with Crippen molar-refractivity contribution in [2.45, 2.75) is 21.7 Å². The first kappa shape index (κ1) is 12.3. The maximum atomic E-state index is 5.97. The highest BCUT2D eigenvalue weighted by Gasteiger charge is 2.39. The molecule has 16 heavy (non-hydrogen) atoms. The zero-order valence-corrected chi connectivity index (χ0v) is 12.0. The predicted molar refractivity (Wildman–Crippen MR) is 75.3 cm³/mol. The van der Waals surface area contributed by atoms with Gasteiger partial charge in [-0.05, 0) is 17.6 Å². The van der Waals surface area contributed by atoms with E-state index < -0.39 is 5.66 Å². The lowest BCUT2D eigenvalue weighted by atomic mass is 9.87. The molecule has 1 aliphatic rings. The first-order chi connectivity index (χ1) is 7.41. The summed E-state index contributed by atoms with van der Waals surface area (Å²) >= 11 is 7.32. The van der Waals surface area contributed by atoms with Crippen molar-refractivity contribution in [2.24, 2.45) is 11.5 Å². The van der Waals surface area contributed by atoms with Crippen LogP contribution in [-0.4, -0.2) is 8.90 Å². The normalized spacial score (nSPS) is 22.6. The minimum Gasteiger partial charge on any atom is -0.313 e. The Hall–Kier alpha value is -0.160. The topological polar surface area (TPSA) is 52.0 Å². The molecule has 0 spiro atoms. The molecule has 86 valence electrons. The molecule has 4 N–H and O–H groups in total. The number of nitrogens with two attached hydrogens (primary N) is 2. The van der Waals surface area contributed by atoms with E-state index in [1.807, 2.05) is 18.2 Å². The minimum atomic E-state index is -0.648. The number of halogens is 2. The third kappa shape index (κ3) is 2.56. The van der Waals surface area contributed by atoms with E-state index in [4.69, 9.17) is 11.5 Å². The molecule has 0 fully saturated rings. The van der Waals surface area contributed by atoms with E-state index in [0.717, 1.165) is 0 Å². The molecule has 0 saturated carbocycles. The highest BCUT2D eigenvalue weighted by molar-refractivity contribution is 9.25. The number of alkyl halides is 2. The summed E-state index contributed by atoms with van der Waals surface area (Å²) in [6.45, 7) is 0. The Kier molecular flexibility index (Phi) is 3.27. The molecule has 0 heterocycles. The van der Waals surface area contributed by atoms with Gasteiger partial charge in [0.05, 0.1) is 5.66 Å². The quantitative estimate of drug-likeness (QED) is 0.607. The molecule has 0 radical (unpaired) electrons. The van der Waals surface area contributed by atoms with E-state index in [9.17, 15) is 0 Å². The van der Waals surface area contributed by atoms with Crippen LogP contribution in [0.2, 0.25) is 0 Å². The van der Waals surface area contributed by atoms with Crippen molar-refractivity contribution in [3.8, 4) is 0 Å². The summed E-state index contributed by atoms with van der Waals surface area (Å²) in [5, 5.41) is 0. The molecular formula is C12H14Br2N2. The van der Waals surface area contributed by atoms with Gasteiger partial charge in [-0.25, -0.2) is 0 Å². The fourth-order valence-corrected chi connectivity index (χ4v) is 3.79. The van der Waals surface area contributed by atoms with Crippen molar-refractivity contribution in [1.29, 1.82) is 0 Å². The Bertz CT molecular complexity index is 410. The van der Waals surface area contributed by atoms with Gasteiger partial charge >= 0.3 is 0 Å². The highest BCUT2D eigenvalue weighted by Crippen LogP contribution is 2.48. The molecule has 0 aliphatic heterocycles. The summed E-state index contributed by atoms with van der Waals surface area (Å²) in [5.74, 6) is 0. The maximum absolute atomic E-state index is 5.97. The maximum Gasteiger partial charge on any atom is 0.109 e. The third-order valence-electron chi connectivity index (χ3n) is 2.72. The van der Waals surface area contributed by atoms with Crippen molar-refractivity contribution in [2.75, 3.05) is 0 Å². The van der Waals surface area contributed by atoms with E-state index in [0.29, 0.717) is 12.8 Å². The van der Waals surface area contributed by atoms with Gasteiger partial charge in [-0.2, -0.15) is 0 Å². The summed E-state index contributed by atoms with van der Waals surface area (Å²) in [6.07, 6.45) is 3.44. The molecule has 1 aromatic rings. The second-order valence-electron chi connectivity index (χ2n) is 4.30. The molecular weight excluding hydrogens is 332 g/mol. The first-order valence-corrected chi connectivity index (χ1v) is 6.71. The average Bonchev–Trinajstić information content (AvgIpc) is 2.16. The van der Waals surface area contributed by atoms with Gasteiger partial charge in [-0.1, -0.05) is 68.3 Å². The Labute approximate surface area is 112 Å². The molecule has 0 amide bonds. The molecule has 0 aromatic heterocycles. The number of rotatable bonds is 1. The van der Waals surface area contributed by atoms with Crippen LogP contribution in [-0.2, 0) is 0 Å². The van der Waals surface area contributed by atoms with E-state index in [1.54, 1.807) is 0 Å². The SMILES string of the molecule is NC1(N)CC=C(c2ccccc2)C(Br)(Br)C1. The molecule has 4 heteroatoms. The lowest BCUT2D eigenvalue weighted by Gasteiger charge is -2.37. The van der Waals surface area contributed by atoms with Crippen LogP contribution in [0.5, 0.6) is 0 Å². The van der Waals surface area contributed by atoms with Crippen LogP contribution in [0.1, 0.15) is 18.4 Å². The monoisotopic (exact) mass is 344 g/mol. The van der Waals surface area contributed by atoms with Gasteiger partial charge in [0.2, 0.25) is 0 Å². The lowest BCUT2D eigenvalue weighted by Crippen LogP contribution is -2.54. The van der Waals surface area contributed by atoms with E-state index in [2.05, 4.69) is 50.1 Å². The van der Waals surface area contributed by atoms with Gasteiger partial charge in [0.25, 0.3) is 0 Å². The summed E-state index contributed by atoms with van der Waals surface area (Å²) in [4.78, 5) is 0. The van der Waals surface area contributed by atoms with Crippen molar-refractivity contribution in [3.63, 3.8) is 0 Å². The number of hydrogen-bond acceptors (Lipinski definition) is 2. The minimum absolute atomic E-state index is 0.330. The lowest BCUT2D eigenvalue weighted by molar-refractivity contribution is 0.407. The summed E-state index contributed by atoms with van der Waals surface area (Å²) < 4.78 is -0.330. The Morgan fingerprint density at radius 1 is 1.06 bits per heavy atom. The van der Waals surface area contributed by atoms with Crippen molar-refractivity contribution in [3.05, 3.63) is 42.0 Å².